The van der Waals surface area contributed by atoms with Gasteiger partial charge in [0, 0.05) is 12.4 Å². The Morgan fingerprint density at radius 3 is 2.50 bits per heavy atom. The minimum Gasteiger partial charge on any atom is -0.487 e. The van der Waals surface area contributed by atoms with Crippen molar-refractivity contribution in [3.8, 4) is 11.4 Å². The van der Waals surface area contributed by atoms with Gasteiger partial charge in [-0.05, 0) is 73.8 Å². The quantitative estimate of drug-likeness (QED) is 0.269. The molecule has 0 aliphatic rings. The molecule has 3 rings (SSSR count). The van der Waals surface area contributed by atoms with Gasteiger partial charge in [-0.2, -0.15) is 5.10 Å². The van der Waals surface area contributed by atoms with E-state index in [0.717, 1.165) is 20.2 Å². The molecule has 2 aromatic carbocycles. The lowest BCUT2D eigenvalue weighted by atomic mass is 10.1. The SMILES string of the molecule is C=CCOc1c(Br)cc(/C=N\NC(=O)c2ccccc2-n2cccc2)cc1Br. The maximum absolute atomic E-state index is 12.6. The molecule has 28 heavy (non-hydrogen) atoms. The van der Waals surface area contributed by atoms with E-state index in [9.17, 15) is 4.79 Å². The Hall–Kier alpha value is -2.64. The highest BCUT2D eigenvalue weighted by Gasteiger charge is 2.11. The zero-order valence-corrected chi connectivity index (χ0v) is 18.0. The number of aromatic nitrogens is 1. The zero-order chi connectivity index (χ0) is 19.9. The standard InChI is InChI=1S/C21H17Br2N3O2/c1-2-11-28-20-17(22)12-15(13-18(20)23)14-24-25-21(27)16-7-3-4-8-19(16)26-9-5-6-10-26/h2-10,12-14H,1,11H2,(H,25,27)/b24-14-. The summed E-state index contributed by atoms with van der Waals surface area (Å²) in [5, 5.41) is 4.08. The van der Waals surface area contributed by atoms with Gasteiger partial charge in [0.15, 0.2) is 0 Å². The summed E-state index contributed by atoms with van der Waals surface area (Å²) in [6, 6.07) is 14.9. The van der Waals surface area contributed by atoms with E-state index in [0.29, 0.717) is 17.9 Å². The van der Waals surface area contributed by atoms with Crippen LogP contribution in [0.4, 0.5) is 0 Å². The number of ether oxygens (including phenoxy) is 1. The van der Waals surface area contributed by atoms with Crippen LogP contribution in [0.5, 0.6) is 5.75 Å². The van der Waals surface area contributed by atoms with Crippen LogP contribution in [0.25, 0.3) is 5.69 Å². The molecule has 3 aromatic rings. The molecule has 0 aliphatic heterocycles. The summed E-state index contributed by atoms with van der Waals surface area (Å²) in [6.07, 6.45) is 7.03. The molecule has 0 spiro atoms. The fourth-order valence-electron chi connectivity index (χ4n) is 2.55. The molecule has 0 radical (unpaired) electrons. The van der Waals surface area contributed by atoms with Gasteiger partial charge < -0.3 is 9.30 Å². The van der Waals surface area contributed by atoms with Crippen LogP contribution in [0.2, 0.25) is 0 Å². The normalized spacial score (nSPS) is 10.8. The number of nitrogens with zero attached hydrogens (tertiary/aromatic N) is 2. The van der Waals surface area contributed by atoms with E-state index in [4.69, 9.17) is 4.74 Å². The molecule has 1 heterocycles. The Labute approximate surface area is 180 Å². The molecule has 0 saturated carbocycles. The summed E-state index contributed by atoms with van der Waals surface area (Å²) in [6.45, 7) is 4.04. The number of carbonyl (C=O) groups is 1. The third-order valence-corrected chi connectivity index (χ3v) is 4.96. The van der Waals surface area contributed by atoms with Gasteiger partial charge in [-0.25, -0.2) is 5.43 Å². The van der Waals surface area contributed by atoms with Gasteiger partial charge in [0.2, 0.25) is 0 Å². The van der Waals surface area contributed by atoms with Crippen LogP contribution in [0.3, 0.4) is 0 Å². The van der Waals surface area contributed by atoms with Crippen LogP contribution >= 0.6 is 31.9 Å². The number of hydrazone groups is 1. The fraction of sp³-hybridized carbons (Fsp3) is 0.0476. The second kappa shape index (κ2) is 9.52. The van der Waals surface area contributed by atoms with Gasteiger partial charge in [-0.1, -0.05) is 24.8 Å². The van der Waals surface area contributed by atoms with Crippen LogP contribution in [-0.2, 0) is 0 Å². The highest BCUT2D eigenvalue weighted by Crippen LogP contribution is 2.34. The number of rotatable bonds is 7. The Kier molecular flexibility index (Phi) is 6.84. The average molecular weight is 503 g/mol. The smallest absolute Gasteiger partial charge is 0.273 e. The van der Waals surface area contributed by atoms with E-state index in [1.54, 1.807) is 18.4 Å². The predicted molar refractivity (Wildman–Crippen MR) is 118 cm³/mol. The van der Waals surface area contributed by atoms with E-state index in [1.165, 1.54) is 0 Å². The summed E-state index contributed by atoms with van der Waals surface area (Å²) in [5.41, 5.74) is 4.69. The van der Waals surface area contributed by atoms with E-state index < -0.39 is 0 Å². The van der Waals surface area contributed by atoms with Gasteiger partial charge in [0.05, 0.1) is 26.4 Å². The summed E-state index contributed by atoms with van der Waals surface area (Å²) in [7, 11) is 0. The maximum atomic E-state index is 12.6. The number of nitrogens with one attached hydrogen (secondary N) is 1. The molecule has 7 heteroatoms. The Balaban J connectivity index is 1.74. The number of amides is 1. The van der Waals surface area contributed by atoms with Crippen molar-refractivity contribution in [3.05, 3.63) is 93.7 Å². The van der Waals surface area contributed by atoms with Crippen LogP contribution in [0.15, 0.2) is 87.6 Å². The molecule has 142 valence electrons. The first kappa shape index (κ1) is 20.1. The average Bonchev–Trinajstić information content (AvgIpc) is 3.22. The topological polar surface area (TPSA) is 55.6 Å². The van der Waals surface area contributed by atoms with Crippen LogP contribution in [-0.4, -0.2) is 23.3 Å². The highest BCUT2D eigenvalue weighted by atomic mass is 79.9. The number of hydrogen-bond donors (Lipinski definition) is 1. The summed E-state index contributed by atoms with van der Waals surface area (Å²) in [4.78, 5) is 12.6. The summed E-state index contributed by atoms with van der Waals surface area (Å²) >= 11 is 6.95. The van der Waals surface area contributed by atoms with E-state index in [1.807, 2.05) is 59.4 Å². The van der Waals surface area contributed by atoms with Gasteiger partial charge in [0.1, 0.15) is 12.4 Å². The molecular weight excluding hydrogens is 486 g/mol. The number of carbonyl (C=O) groups excluding carboxylic acids is 1. The van der Waals surface area contributed by atoms with Gasteiger partial charge in [0.25, 0.3) is 5.91 Å². The lowest BCUT2D eigenvalue weighted by Crippen LogP contribution is -2.19. The summed E-state index contributed by atoms with van der Waals surface area (Å²) in [5.74, 6) is 0.395. The monoisotopic (exact) mass is 501 g/mol. The predicted octanol–water partition coefficient (Wildman–Crippen LogP) is 5.33. The molecule has 0 saturated heterocycles. The first-order valence-electron chi connectivity index (χ1n) is 8.38. The van der Waals surface area contributed by atoms with Gasteiger partial charge in [-0.15, -0.1) is 0 Å². The Morgan fingerprint density at radius 2 is 1.82 bits per heavy atom. The minimum absolute atomic E-state index is 0.287. The van der Waals surface area contributed by atoms with E-state index >= 15 is 0 Å². The first-order chi connectivity index (χ1) is 13.6. The first-order valence-corrected chi connectivity index (χ1v) is 9.97. The number of hydrogen-bond acceptors (Lipinski definition) is 3. The van der Waals surface area contributed by atoms with Crippen LogP contribution in [0, 0.1) is 0 Å². The molecule has 0 bridgehead atoms. The molecule has 1 amide bonds. The molecule has 1 aromatic heterocycles. The Morgan fingerprint density at radius 1 is 1.14 bits per heavy atom. The van der Waals surface area contributed by atoms with Crippen LogP contribution < -0.4 is 10.2 Å². The lowest BCUT2D eigenvalue weighted by Gasteiger charge is -2.10. The van der Waals surface area contributed by atoms with Crippen molar-refractivity contribution >= 4 is 44.0 Å². The third-order valence-electron chi connectivity index (χ3n) is 3.78. The van der Waals surface area contributed by atoms with Crippen molar-refractivity contribution in [1.82, 2.24) is 9.99 Å². The van der Waals surface area contributed by atoms with Crippen molar-refractivity contribution in [1.29, 1.82) is 0 Å². The van der Waals surface area contributed by atoms with Crippen molar-refractivity contribution < 1.29 is 9.53 Å². The number of para-hydroxylation sites is 1. The zero-order valence-electron chi connectivity index (χ0n) is 14.8. The number of benzene rings is 2. The van der Waals surface area contributed by atoms with Gasteiger partial charge >= 0.3 is 0 Å². The molecule has 0 atom stereocenters. The van der Waals surface area contributed by atoms with E-state index in [2.05, 4.69) is 49.0 Å². The highest BCUT2D eigenvalue weighted by molar-refractivity contribution is 9.11. The third kappa shape index (κ3) is 4.79. The molecule has 0 fully saturated rings. The Bertz CT molecular complexity index is 991. The molecular formula is C21H17Br2N3O2. The maximum Gasteiger partial charge on any atom is 0.273 e. The second-order valence-electron chi connectivity index (χ2n) is 5.72. The molecule has 5 nitrogen and oxygen atoms in total. The van der Waals surface area contributed by atoms with E-state index in [-0.39, 0.29) is 5.91 Å². The molecule has 1 N–H and O–H groups in total. The van der Waals surface area contributed by atoms with Gasteiger partial charge in [-0.3, -0.25) is 4.79 Å². The van der Waals surface area contributed by atoms with Crippen molar-refractivity contribution in [2.75, 3.05) is 6.61 Å². The minimum atomic E-state index is -0.287. The van der Waals surface area contributed by atoms with Crippen molar-refractivity contribution in [2.45, 2.75) is 0 Å². The molecule has 0 unspecified atom stereocenters. The van der Waals surface area contributed by atoms with Crippen LogP contribution in [0.1, 0.15) is 15.9 Å². The molecule has 0 aliphatic carbocycles. The largest absolute Gasteiger partial charge is 0.487 e. The van der Waals surface area contributed by atoms with Crippen molar-refractivity contribution in [3.63, 3.8) is 0 Å². The second-order valence-corrected chi connectivity index (χ2v) is 7.43. The fourth-order valence-corrected chi connectivity index (χ4v) is 4.00. The van der Waals surface area contributed by atoms with Crippen molar-refractivity contribution in [2.24, 2.45) is 5.10 Å². The lowest BCUT2D eigenvalue weighted by molar-refractivity contribution is 0.0955. The number of halogens is 2. The summed E-state index contributed by atoms with van der Waals surface area (Å²) < 4.78 is 9.02.